The van der Waals surface area contributed by atoms with Gasteiger partial charge >= 0.3 is 0 Å². The number of carbonyl (C=O) groups is 1. The van der Waals surface area contributed by atoms with Crippen LogP contribution in [0.1, 0.15) is 39.0 Å². The Hall–Kier alpha value is -1.96. The minimum atomic E-state index is 0.0713. The van der Waals surface area contributed by atoms with Crippen molar-refractivity contribution in [3.8, 4) is 11.4 Å². The Kier molecular flexibility index (Phi) is 8.03. The number of piperidine rings is 1. The second kappa shape index (κ2) is 10.7. The zero-order chi connectivity index (χ0) is 20.6. The van der Waals surface area contributed by atoms with E-state index < -0.39 is 0 Å². The van der Waals surface area contributed by atoms with Gasteiger partial charge in [-0.2, -0.15) is 4.98 Å². The fraction of sp³-hybridized carbons (Fsp3) is 0.571. The molecular formula is C21H29ClN4O3. The van der Waals surface area contributed by atoms with Crippen molar-refractivity contribution in [1.29, 1.82) is 0 Å². The monoisotopic (exact) mass is 420 g/mol. The molecule has 29 heavy (non-hydrogen) atoms. The lowest BCUT2D eigenvalue weighted by Gasteiger charge is -2.30. The van der Waals surface area contributed by atoms with E-state index in [0.717, 1.165) is 37.9 Å². The van der Waals surface area contributed by atoms with Crippen molar-refractivity contribution in [3.05, 3.63) is 35.2 Å². The van der Waals surface area contributed by atoms with Crippen LogP contribution in [0.3, 0.4) is 0 Å². The van der Waals surface area contributed by atoms with Gasteiger partial charge in [-0.3, -0.25) is 9.69 Å². The Morgan fingerprint density at radius 1 is 1.38 bits per heavy atom. The molecule has 3 rings (SSSR count). The predicted octanol–water partition coefficient (Wildman–Crippen LogP) is 3.53. The van der Waals surface area contributed by atoms with Gasteiger partial charge in [-0.15, -0.1) is 0 Å². The molecule has 1 N–H and O–H groups in total. The summed E-state index contributed by atoms with van der Waals surface area (Å²) >= 11 is 6.02. The second-order valence-electron chi connectivity index (χ2n) is 7.64. The minimum Gasteiger partial charge on any atom is -0.379 e. The van der Waals surface area contributed by atoms with E-state index in [4.69, 9.17) is 20.9 Å². The average Bonchev–Trinajstić information content (AvgIpc) is 3.16. The van der Waals surface area contributed by atoms with Crippen molar-refractivity contribution >= 4 is 17.5 Å². The Morgan fingerprint density at radius 3 is 2.90 bits per heavy atom. The van der Waals surface area contributed by atoms with Crippen molar-refractivity contribution in [1.82, 2.24) is 20.4 Å². The molecule has 0 radical (unpaired) electrons. The molecule has 0 spiro atoms. The molecule has 1 aliphatic rings. The molecule has 0 bridgehead atoms. The first-order valence-electron chi connectivity index (χ1n) is 10.2. The molecule has 8 heteroatoms. The molecule has 0 saturated carbocycles. The standard InChI is InChI=1S/C21H29ClN4O3/c1-15(2)28-12-4-9-23-21(27)16-7-10-26(11-8-16)14-19-24-20(25-29-19)17-5-3-6-18(22)13-17/h3,5-6,13,15-16H,4,7-12,14H2,1-2H3,(H,23,27). The van der Waals surface area contributed by atoms with Gasteiger partial charge in [0.25, 0.3) is 0 Å². The second-order valence-corrected chi connectivity index (χ2v) is 8.07. The molecular weight excluding hydrogens is 392 g/mol. The zero-order valence-corrected chi connectivity index (χ0v) is 17.8. The highest BCUT2D eigenvalue weighted by molar-refractivity contribution is 6.30. The van der Waals surface area contributed by atoms with Gasteiger partial charge in [-0.1, -0.05) is 28.9 Å². The number of hydrogen-bond donors (Lipinski definition) is 1. The number of likely N-dealkylation sites (tertiary alicyclic amines) is 1. The van der Waals surface area contributed by atoms with Gasteiger partial charge in [-0.05, 0) is 58.3 Å². The summed E-state index contributed by atoms with van der Waals surface area (Å²) in [6.07, 6.45) is 2.75. The lowest BCUT2D eigenvalue weighted by atomic mass is 9.96. The number of aromatic nitrogens is 2. The lowest BCUT2D eigenvalue weighted by molar-refractivity contribution is -0.126. The van der Waals surface area contributed by atoms with Crippen molar-refractivity contribution in [2.75, 3.05) is 26.2 Å². The summed E-state index contributed by atoms with van der Waals surface area (Å²) in [5.41, 5.74) is 0.835. The van der Waals surface area contributed by atoms with E-state index in [-0.39, 0.29) is 17.9 Å². The molecule has 1 aromatic carbocycles. The Labute approximate surface area is 176 Å². The van der Waals surface area contributed by atoms with Gasteiger partial charge in [0, 0.05) is 29.7 Å². The molecule has 0 unspecified atom stereocenters. The van der Waals surface area contributed by atoms with E-state index in [1.54, 1.807) is 0 Å². The van der Waals surface area contributed by atoms with Crippen LogP contribution in [0.2, 0.25) is 5.02 Å². The highest BCUT2D eigenvalue weighted by Crippen LogP contribution is 2.22. The molecule has 1 aliphatic heterocycles. The number of nitrogens with zero attached hydrogens (tertiary/aromatic N) is 3. The highest BCUT2D eigenvalue weighted by atomic mass is 35.5. The summed E-state index contributed by atoms with van der Waals surface area (Å²) in [4.78, 5) is 19.0. The molecule has 1 saturated heterocycles. The molecule has 2 aromatic rings. The molecule has 1 aromatic heterocycles. The third kappa shape index (κ3) is 6.80. The van der Waals surface area contributed by atoms with Gasteiger partial charge < -0.3 is 14.6 Å². The number of nitrogens with one attached hydrogen (secondary N) is 1. The Balaban J connectivity index is 1.39. The van der Waals surface area contributed by atoms with Crippen LogP contribution in [0.5, 0.6) is 0 Å². The lowest BCUT2D eigenvalue weighted by Crippen LogP contribution is -2.40. The number of ether oxygens (including phenoxy) is 1. The van der Waals surface area contributed by atoms with Gasteiger partial charge in [0.05, 0.1) is 12.6 Å². The maximum absolute atomic E-state index is 12.3. The van der Waals surface area contributed by atoms with Crippen LogP contribution in [-0.4, -0.2) is 53.3 Å². The normalized spacial score (nSPS) is 15.7. The molecule has 7 nitrogen and oxygen atoms in total. The molecule has 0 aliphatic carbocycles. The minimum absolute atomic E-state index is 0.0713. The van der Waals surface area contributed by atoms with E-state index in [2.05, 4.69) is 20.4 Å². The van der Waals surface area contributed by atoms with Crippen LogP contribution in [0.25, 0.3) is 11.4 Å². The zero-order valence-electron chi connectivity index (χ0n) is 17.1. The number of carbonyl (C=O) groups excluding carboxylic acids is 1. The Morgan fingerprint density at radius 2 is 2.17 bits per heavy atom. The first-order chi connectivity index (χ1) is 14.0. The molecule has 0 atom stereocenters. The van der Waals surface area contributed by atoms with Gasteiger partial charge in [0.1, 0.15) is 0 Å². The summed E-state index contributed by atoms with van der Waals surface area (Å²) in [6.45, 7) is 7.64. The summed E-state index contributed by atoms with van der Waals surface area (Å²) in [6, 6.07) is 7.39. The van der Waals surface area contributed by atoms with Crippen LogP contribution in [-0.2, 0) is 16.1 Å². The maximum Gasteiger partial charge on any atom is 0.241 e. The number of hydrogen-bond acceptors (Lipinski definition) is 6. The van der Waals surface area contributed by atoms with Crippen LogP contribution in [0, 0.1) is 5.92 Å². The fourth-order valence-electron chi connectivity index (χ4n) is 3.36. The predicted molar refractivity (Wildman–Crippen MR) is 111 cm³/mol. The summed E-state index contributed by atoms with van der Waals surface area (Å²) in [7, 11) is 0. The Bertz CT molecular complexity index is 788. The van der Waals surface area contributed by atoms with E-state index in [9.17, 15) is 4.79 Å². The van der Waals surface area contributed by atoms with E-state index in [1.807, 2.05) is 38.1 Å². The SMILES string of the molecule is CC(C)OCCCNC(=O)C1CCN(Cc2nc(-c3cccc(Cl)c3)no2)CC1. The number of benzene rings is 1. The molecule has 1 amide bonds. The van der Waals surface area contributed by atoms with Crippen LogP contribution in [0.15, 0.2) is 28.8 Å². The van der Waals surface area contributed by atoms with Crippen LogP contribution in [0.4, 0.5) is 0 Å². The number of amides is 1. The average molecular weight is 421 g/mol. The summed E-state index contributed by atoms with van der Waals surface area (Å²) in [5, 5.41) is 7.72. The van der Waals surface area contributed by atoms with Crippen molar-refractivity contribution in [2.24, 2.45) is 5.92 Å². The largest absolute Gasteiger partial charge is 0.379 e. The molecule has 158 valence electrons. The summed E-state index contributed by atoms with van der Waals surface area (Å²) in [5.74, 6) is 1.34. The highest BCUT2D eigenvalue weighted by Gasteiger charge is 2.25. The quantitative estimate of drug-likeness (QED) is 0.625. The fourth-order valence-corrected chi connectivity index (χ4v) is 3.55. The first kappa shape index (κ1) is 21.7. The van der Waals surface area contributed by atoms with Gasteiger partial charge in [-0.25, -0.2) is 0 Å². The number of halogens is 1. The topological polar surface area (TPSA) is 80.5 Å². The first-order valence-corrected chi connectivity index (χ1v) is 10.6. The van der Waals surface area contributed by atoms with Gasteiger partial charge in [0.15, 0.2) is 0 Å². The number of rotatable bonds is 9. The van der Waals surface area contributed by atoms with E-state index in [0.29, 0.717) is 36.4 Å². The van der Waals surface area contributed by atoms with E-state index in [1.165, 1.54) is 0 Å². The summed E-state index contributed by atoms with van der Waals surface area (Å²) < 4.78 is 10.9. The van der Waals surface area contributed by atoms with E-state index >= 15 is 0 Å². The van der Waals surface area contributed by atoms with Crippen molar-refractivity contribution in [3.63, 3.8) is 0 Å². The molecule has 1 fully saturated rings. The van der Waals surface area contributed by atoms with Crippen molar-refractivity contribution in [2.45, 2.75) is 45.8 Å². The maximum atomic E-state index is 12.3. The van der Waals surface area contributed by atoms with Crippen LogP contribution < -0.4 is 5.32 Å². The molecule has 2 heterocycles. The van der Waals surface area contributed by atoms with Crippen molar-refractivity contribution < 1.29 is 14.1 Å². The van der Waals surface area contributed by atoms with Gasteiger partial charge in [0.2, 0.25) is 17.6 Å². The third-order valence-electron chi connectivity index (χ3n) is 4.94. The van der Waals surface area contributed by atoms with Crippen LogP contribution >= 0.6 is 11.6 Å². The third-order valence-corrected chi connectivity index (χ3v) is 5.17. The smallest absolute Gasteiger partial charge is 0.241 e.